The zero-order valence-corrected chi connectivity index (χ0v) is 22.6. The Bertz CT molecular complexity index is 1100. The zero-order valence-electron chi connectivity index (χ0n) is 21.0. The van der Waals surface area contributed by atoms with Crippen LogP contribution in [0.15, 0.2) is 54.7 Å². The number of aromatic amines is 1. The topological polar surface area (TPSA) is 80.2 Å². The molecule has 0 saturated heterocycles. The van der Waals surface area contributed by atoms with Crippen LogP contribution < -0.4 is 5.32 Å². The first-order chi connectivity index (χ1) is 16.9. The maximum atomic E-state index is 8.24. The minimum absolute atomic E-state index is 0.337. The van der Waals surface area contributed by atoms with Gasteiger partial charge in [-0.1, -0.05) is 51.1 Å². The standard InChI is InChI=1S/C20H29N3S.C7H8ClN3/c1-4-5-8-13-23(3)14-9-10-16(2)22-20(21)19-15-17-11-6-7-12-18(17)24-19;1-3-5-6(9-4-2)11-7(8)10-5/h6-7,11-12,15,21H,4-5,8-10,13-14H2,1-3H3;3-4,9H,1-2H2,(H,10,11). The van der Waals surface area contributed by atoms with Crippen LogP contribution >= 0.6 is 22.9 Å². The number of amidine groups is 1. The third kappa shape index (κ3) is 9.80. The van der Waals surface area contributed by atoms with E-state index in [2.05, 4.69) is 70.5 Å². The van der Waals surface area contributed by atoms with Crippen molar-refractivity contribution in [2.24, 2.45) is 4.99 Å². The van der Waals surface area contributed by atoms with Crippen molar-refractivity contribution in [1.82, 2.24) is 14.9 Å². The lowest BCUT2D eigenvalue weighted by molar-refractivity contribution is 0.323. The lowest BCUT2D eigenvalue weighted by Crippen LogP contribution is -2.21. The number of rotatable bonds is 12. The van der Waals surface area contributed by atoms with Crippen molar-refractivity contribution < 1.29 is 0 Å². The van der Waals surface area contributed by atoms with Crippen LogP contribution in [0.5, 0.6) is 0 Å². The van der Waals surface area contributed by atoms with Gasteiger partial charge >= 0.3 is 0 Å². The van der Waals surface area contributed by atoms with Crippen molar-refractivity contribution in [2.75, 3.05) is 25.5 Å². The predicted molar refractivity (Wildman–Crippen MR) is 156 cm³/mol. The molecule has 0 radical (unpaired) electrons. The molecule has 0 fully saturated rings. The van der Waals surface area contributed by atoms with Crippen LogP contribution in [0.25, 0.3) is 16.2 Å². The highest BCUT2D eigenvalue weighted by molar-refractivity contribution is 7.20. The maximum Gasteiger partial charge on any atom is 0.202 e. The molecule has 8 heteroatoms. The summed E-state index contributed by atoms with van der Waals surface area (Å²) >= 11 is 7.24. The SMILES string of the molecule is C=CNc1nc(Cl)[nH]c1C=C.CCCCCN(C)CCCC(C)=NC(=N)c1cc2ccccc2s1. The van der Waals surface area contributed by atoms with Crippen LogP contribution in [0.2, 0.25) is 5.28 Å². The highest BCUT2D eigenvalue weighted by Gasteiger charge is 2.07. The van der Waals surface area contributed by atoms with Gasteiger partial charge in [-0.05, 0) is 87.7 Å². The first-order valence-electron chi connectivity index (χ1n) is 11.9. The molecule has 6 nitrogen and oxygen atoms in total. The number of H-pyrrole nitrogens is 1. The van der Waals surface area contributed by atoms with Crippen molar-refractivity contribution in [2.45, 2.75) is 46.0 Å². The summed E-state index contributed by atoms with van der Waals surface area (Å²) in [4.78, 5) is 14.6. The summed E-state index contributed by atoms with van der Waals surface area (Å²) in [5, 5.41) is 12.6. The van der Waals surface area contributed by atoms with E-state index in [9.17, 15) is 0 Å². The fourth-order valence-electron chi connectivity index (χ4n) is 3.46. The molecule has 35 heavy (non-hydrogen) atoms. The Balaban J connectivity index is 0.000000328. The minimum Gasteiger partial charge on any atom is -0.345 e. The zero-order chi connectivity index (χ0) is 25.6. The van der Waals surface area contributed by atoms with Gasteiger partial charge in [0, 0.05) is 10.4 Å². The Kier molecular flexibility index (Phi) is 12.5. The minimum atomic E-state index is 0.337. The number of halogens is 1. The van der Waals surface area contributed by atoms with Crippen molar-refractivity contribution in [1.29, 1.82) is 5.41 Å². The van der Waals surface area contributed by atoms with E-state index in [0.29, 0.717) is 16.9 Å². The molecule has 0 saturated carbocycles. The number of nitrogens with zero attached hydrogens (tertiary/aromatic N) is 3. The lowest BCUT2D eigenvalue weighted by Gasteiger charge is -2.15. The van der Waals surface area contributed by atoms with Crippen LogP contribution in [0.3, 0.4) is 0 Å². The van der Waals surface area contributed by atoms with Gasteiger partial charge in [-0.3, -0.25) is 5.41 Å². The van der Waals surface area contributed by atoms with Crippen molar-refractivity contribution in [3.63, 3.8) is 0 Å². The van der Waals surface area contributed by atoms with Gasteiger partial charge in [0.05, 0.1) is 10.6 Å². The van der Waals surface area contributed by atoms with Crippen LogP contribution in [0.4, 0.5) is 5.82 Å². The second kappa shape index (κ2) is 15.3. The fourth-order valence-corrected chi connectivity index (χ4v) is 4.60. The van der Waals surface area contributed by atoms with Crippen LogP contribution in [0.1, 0.15) is 56.5 Å². The van der Waals surface area contributed by atoms with E-state index in [0.717, 1.165) is 35.7 Å². The number of benzene rings is 1. The molecule has 0 aliphatic carbocycles. The maximum absolute atomic E-state index is 8.24. The molecule has 3 rings (SSSR count). The number of aliphatic imine (C=N–C) groups is 1. The molecule has 1 aromatic carbocycles. The monoisotopic (exact) mass is 512 g/mol. The number of thiophene rings is 1. The van der Waals surface area contributed by atoms with E-state index >= 15 is 0 Å². The molecule has 0 atom stereocenters. The Hall–Kier alpha value is -2.74. The molecule has 188 valence electrons. The van der Waals surface area contributed by atoms with Crippen molar-refractivity contribution >= 4 is 56.5 Å². The summed E-state index contributed by atoms with van der Waals surface area (Å²) in [6.45, 7) is 13.6. The first kappa shape index (κ1) is 28.5. The quantitative estimate of drug-likeness (QED) is 0.131. The van der Waals surface area contributed by atoms with E-state index in [1.807, 2.05) is 19.1 Å². The van der Waals surface area contributed by atoms with Gasteiger partial charge in [0.1, 0.15) is 0 Å². The number of fused-ring (bicyclic) bond motifs is 1. The lowest BCUT2D eigenvalue weighted by atomic mass is 10.2. The highest BCUT2D eigenvalue weighted by atomic mass is 35.5. The van der Waals surface area contributed by atoms with E-state index < -0.39 is 0 Å². The van der Waals surface area contributed by atoms with Crippen LogP contribution in [0, 0.1) is 5.41 Å². The predicted octanol–water partition coefficient (Wildman–Crippen LogP) is 7.85. The summed E-state index contributed by atoms with van der Waals surface area (Å²) in [7, 11) is 2.20. The van der Waals surface area contributed by atoms with Gasteiger partial charge in [0.15, 0.2) is 11.7 Å². The number of hydrogen-bond acceptors (Lipinski definition) is 5. The largest absolute Gasteiger partial charge is 0.345 e. The Morgan fingerprint density at radius 3 is 2.69 bits per heavy atom. The van der Waals surface area contributed by atoms with E-state index in [1.54, 1.807) is 17.4 Å². The number of unbranched alkanes of at least 4 members (excludes halogenated alkanes) is 2. The van der Waals surface area contributed by atoms with Gasteiger partial charge in [-0.25, -0.2) is 4.99 Å². The number of aromatic nitrogens is 2. The molecule has 2 aromatic heterocycles. The average molecular weight is 513 g/mol. The molecule has 0 bridgehead atoms. The van der Waals surface area contributed by atoms with Gasteiger partial charge in [0.25, 0.3) is 0 Å². The summed E-state index contributed by atoms with van der Waals surface area (Å²) in [5.41, 5.74) is 1.81. The van der Waals surface area contributed by atoms with Gasteiger partial charge < -0.3 is 15.2 Å². The Morgan fingerprint density at radius 1 is 1.26 bits per heavy atom. The molecular formula is C27H37ClN6S. The third-order valence-corrected chi connectivity index (χ3v) is 6.63. The van der Waals surface area contributed by atoms with Gasteiger partial charge in [-0.15, -0.1) is 11.3 Å². The summed E-state index contributed by atoms with van der Waals surface area (Å²) in [5.74, 6) is 1.03. The Labute approximate surface area is 218 Å². The molecule has 0 amide bonds. The van der Waals surface area contributed by atoms with E-state index in [1.165, 1.54) is 42.1 Å². The number of anilines is 1. The molecule has 3 aromatic rings. The Morgan fingerprint density at radius 2 is 2.00 bits per heavy atom. The first-order valence-corrected chi connectivity index (χ1v) is 13.1. The van der Waals surface area contributed by atoms with Crippen LogP contribution in [-0.4, -0.2) is 46.6 Å². The molecule has 2 heterocycles. The van der Waals surface area contributed by atoms with E-state index in [4.69, 9.17) is 17.0 Å². The molecule has 0 unspecified atom stereocenters. The van der Waals surface area contributed by atoms with E-state index in [-0.39, 0.29) is 0 Å². The fraction of sp³-hybridized carbons (Fsp3) is 0.370. The van der Waals surface area contributed by atoms with Gasteiger partial charge in [0.2, 0.25) is 5.28 Å². The molecule has 0 spiro atoms. The second-order valence-electron chi connectivity index (χ2n) is 8.30. The smallest absolute Gasteiger partial charge is 0.202 e. The number of hydrogen-bond donors (Lipinski definition) is 3. The molecular weight excluding hydrogens is 476 g/mol. The van der Waals surface area contributed by atoms with Crippen molar-refractivity contribution in [3.8, 4) is 0 Å². The summed E-state index contributed by atoms with van der Waals surface area (Å²) in [6, 6.07) is 10.3. The normalized spacial score (nSPS) is 11.3. The summed E-state index contributed by atoms with van der Waals surface area (Å²) < 4.78 is 1.22. The van der Waals surface area contributed by atoms with Gasteiger partial charge in [-0.2, -0.15) is 4.98 Å². The molecule has 0 aliphatic rings. The molecule has 3 N–H and O–H groups in total. The number of imidazole rings is 1. The number of nitrogens with one attached hydrogen (secondary N) is 3. The second-order valence-corrected chi connectivity index (χ2v) is 9.74. The van der Waals surface area contributed by atoms with Crippen molar-refractivity contribution in [3.05, 3.63) is 65.5 Å². The average Bonchev–Trinajstić information content (AvgIpc) is 3.43. The highest BCUT2D eigenvalue weighted by Crippen LogP contribution is 2.25. The summed E-state index contributed by atoms with van der Waals surface area (Å²) in [6.07, 6.45) is 9.11. The van der Waals surface area contributed by atoms with Crippen LogP contribution in [-0.2, 0) is 0 Å². The third-order valence-electron chi connectivity index (χ3n) is 5.33. The molecule has 0 aliphatic heterocycles.